The molecule has 2 aromatic carbocycles. The molecule has 0 aromatic heterocycles. The van der Waals surface area contributed by atoms with E-state index in [0.29, 0.717) is 30.5 Å². The quantitative estimate of drug-likeness (QED) is 0.474. The van der Waals surface area contributed by atoms with Gasteiger partial charge in [0.1, 0.15) is 6.04 Å². The van der Waals surface area contributed by atoms with Crippen molar-refractivity contribution < 1.29 is 14.4 Å². The van der Waals surface area contributed by atoms with Gasteiger partial charge < -0.3 is 15.5 Å². The number of rotatable bonds is 10. The first-order valence-corrected chi connectivity index (χ1v) is 14.0. The lowest BCUT2D eigenvalue weighted by molar-refractivity contribution is -0.131. The highest BCUT2D eigenvalue weighted by molar-refractivity contribution is 6.20. The summed E-state index contributed by atoms with van der Waals surface area (Å²) in [6.07, 6.45) is 5.67. The highest BCUT2D eigenvalue weighted by Crippen LogP contribution is 2.30. The Morgan fingerprint density at radius 1 is 1.00 bits per heavy atom. The van der Waals surface area contributed by atoms with E-state index in [9.17, 15) is 14.4 Å². The second-order valence-electron chi connectivity index (χ2n) is 10.5. The zero-order valence-corrected chi connectivity index (χ0v) is 22.8. The fourth-order valence-electron chi connectivity index (χ4n) is 5.45. The van der Waals surface area contributed by atoms with Gasteiger partial charge in [-0.2, -0.15) is 0 Å². The predicted molar refractivity (Wildman–Crippen MR) is 151 cm³/mol. The molecule has 1 aliphatic heterocycles. The van der Waals surface area contributed by atoms with Gasteiger partial charge in [-0.15, -0.1) is 0 Å². The Kier molecular flexibility index (Phi) is 9.32. The van der Waals surface area contributed by atoms with E-state index in [-0.39, 0.29) is 11.8 Å². The van der Waals surface area contributed by atoms with Crippen molar-refractivity contribution >= 4 is 29.1 Å². The van der Waals surface area contributed by atoms with Crippen LogP contribution in [0.15, 0.2) is 59.6 Å². The zero-order chi connectivity index (χ0) is 27.1. The number of carbonyl (C=O) groups excluding carboxylic acids is 3. The minimum Gasteiger partial charge on any atom is -0.345 e. The van der Waals surface area contributed by atoms with Gasteiger partial charge in [-0.25, -0.2) is 4.99 Å². The molecule has 0 bridgehead atoms. The molecule has 4 rings (SSSR count). The summed E-state index contributed by atoms with van der Waals surface area (Å²) in [5.41, 5.74) is 3.17. The molecule has 202 valence electrons. The zero-order valence-electron chi connectivity index (χ0n) is 22.8. The Morgan fingerprint density at radius 2 is 1.66 bits per heavy atom. The number of carbonyl (C=O) groups is 3. The monoisotopic (exact) mass is 516 g/mol. The Hall–Kier alpha value is -3.48. The number of hydrogen-bond acceptors (Lipinski definition) is 4. The van der Waals surface area contributed by atoms with Crippen molar-refractivity contribution in [3.63, 3.8) is 0 Å². The van der Waals surface area contributed by atoms with Gasteiger partial charge in [-0.3, -0.25) is 14.4 Å². The van der Waals surface area contributed by atoms with Crippen LogP contribution in [0.25, 0.3) is 0 Å². The van der Waals surface area contributed by atoms with Gasteiger partial charge in [0.2, 0.25) is 18.0 Å². The lowest BCUT2D eigenvalue weighted by atomic mass is 9.98. The number of hydrogen-bond donors (Lipinski definition) is 2. The maximum atomic E-state index is 14.0. The van der Waals surface area contributed by atoms with Crippen LogP contribution in [0.1, 0.15) is 76.8 Å². The highest BCUT2D eigenvalue weighted by atomic mass is 16.2. The lowest BCUT2D eigenvalue weighted by Crippen LogP contribution is -2.53. The van der Waals surface area contributed by atoms with Gasteiger partial charge in [-0.05, 0) is 37.7 Å². The fraction of sp³-hybridized carbons (Fsp3) is 0.484. The van der Waals surface area contributed by atoms with Crippen molar-refractivity contribution in [2.24, 2.45) is 16.8 Å². The maximum absolute atomic E-state index is 14.0. The van der Waals surface area contributed by atoms with E-state index in [1.54, 1.807) is 11.8 Å². The molecule has 2 N–H and O–H groups in total. The van der Waals surface area contributed by atoms with Crippen molar-refractivity contribution in [1.29, 1.82) is 0 Å². The fourth-order valence-corrected chi connectivity index (χ4v) is 5.45. The van der Waals surface area contributed by atoms with Gasteiger partial charge in [0, 0.05) is 24.1 Å². The average molecular weight is 517 g/mol. The molecule has 1 heterocycles. The molecule has 38 heavy (non-hydrogen) atoms. The SMILES string of the molecule is CCC(CC)CN1C(=O)C(NC(=O)[C@H](C)NC(=O)CC2CCCC2)N=C(c2ccccc2)c2ccccc21. The average Bonchev–Trinajstić information content (AvgIpc) is 3.41. The van der Waals surface area contributed by atoms with Crippen LogP contribution in [0.2, 0.25) is 0 Å². The van der Waals surface area contributed by atoms with Crippen LogP contribution in [-0.4, -0.2) is 42.2 Å². The van der Waals surface area contributed by atoms with Crippen LogP contribution in [0.4, 0.5) is 5.69 Å². The van der Waals surface area contributed by atoms with E-state index in [1.807, 2.05) is 54.6 Å². The summed E-state index contributed by atoms with van der Waals surface area (Å²) in [7, 11) is 0. The van der Waals surface area contributed by atoms with Gasteiger partial charge in [0.25, 0.3) is 5.91 Å². The molecule has 0 spiro atoms. The van der Waals surface area contributed by atoms with E-state index in [4.69, 9.17) is 4.99 Å². The first-order chi connectivity index (χ1) is 18.4. The van der Waals surface area contributed by atoms with Crippen molar-refractivity contribution in [2.75, 3.05) is 11.4 Å². The van der Waals surface area contributed by atoms with Crippen LogP contribution in [0, 0.1) is 11.8 Å². The number of nitrogens with one attached hydrogen (secondary N) is 2. The molecule has 0 radical (unpaired) electrons. The summed E-state index contributed by atoms with van der Waals surface area (Å²) in [6, 6.07) is 16.7. The largest absolute Gasteiger partial charge is 0.345 e. The summed E-state index contributed by atoms with van der Waals surface area (Å²) in [4.78, 5) is 46.4. The smallest absolute Gasteiger partial charge is 0.272 e. The molecule has 2 aromatic rings. The second kappa shape index (κ2) is 12.9. The molecule has 3 amide bonds. The van der Waals surface area contributed by atoms with Gasteiger partial charge in [0.15, 0.2) is 0 Å². The number of anilines is 1. The molecule has 1 aliphatic carbocycles. The van der Waals surface area contributed by atoms with Crippen LogP contribution in [0.5, 0.6) is 0 Å². The maximum Gasteiger partial charge on any atom is 0.272 e. The molecule has 1 unspecified atom stereocenters. The normalized spacial score (nSPS) is 18.5. The second-order valence-corrected chi connectivity index (χ2v) is 10.5. The Bertz CT molecular complexity index is 1150. The highest BCUT2D eigenvalue weighted by Gasteiger charge is 2.34. The Labute approximate surface area is 226 Å². The molecular weight excluding hydrogens is 476 g/mol. The summed E-state index contributed by atoms with van der Waals surface area (Å²) in [5.74, 6) is -0.108. The number of amides is 3. The van der Waals surface area contributed by atoms with E-state index >= 15 is 0 Å². The number of para-hydroxylation sites is 1. The number of aliphatic imine (C=N–C) groups is 1. The first kappa shape index (κ1) is 27.6. The molecule has 7 heteroatoms. The number of nitrogens with zero attached hydrogens (tertiary/aromatic N) is 2. The van der Waals surface area contributed by atoms with Gasteiger partial charge in [-0.1, -0.05) is 88.1 Å². The number of benzodiazepines with no additional fused rings is 1. The molecule has 2 atom stereocenters. The van der Waals surface area contributed by atoms with Crippen LogP contribution in [-0.2, 0) is 14.4 Å². The van der Waals surface area contributed by atoms with Crippen LogP contribution >= 0.6 is 0 Å². The van der Waals surface area contributed by atoms with Crippen LogP contribution in [0.3, 0.4) is 0 Å². The lowest BCUT2D eigenvalue weighted by Gasteiger charge is -2.29. The van der Waals surface area contributed by atoms with Crippen LogP contribution < -0.4 is 15.5 Å². The molecule has 0 saturated heterocycles. The van der Waals surface area contributed by atoms with E-state index in [0.717, 1.165) is 55.3 Å². The van der Waals surface area contributed by atoms with E-state index < -0.39 is 18.1 Å². The van der Waals surface area contributed by atoms with Crippen molar-refractivity contribution in [3.05, 3.63) is 65.7 Å². The van der Waals surface area contributed by atoms with Gasteiger partial charge in [0.05, 0.1) is 11.4 Å². The third-order valence-corrected chi connectivity index (χ3v) is 7.85. The van der Waals surface area contributed by atoms with E-state index in [1.165, 1.54) is 0 Å². The third kappa shape index (κ3) is 6.50. The minimum absolute atomic E-state index is 0.122. The molecule has 1 fully saturated rings. The standard InChI is InChI=1S/C31H40N4O3/c1-4-22(5-2)20-35-26-18-12-11-17-25(26)28(24-15-7-6-8-16-24)33-29(31(35)38)34-30(37)21(3)32-27(36)19-23-13-9-10-14-23/h6-8,11-12,15-18,21-23,29H,4-5,9-10,13-14,19-20H2,1-3H3,(H,32,36)(H,34,37)/t21-,29?/m0/s1. The summed E-state index contributed by atoms with van der Waals surface area (Å²) in [6.45, 7) is 6.45. The van der Waals surface area contributed by atoms with Gasteiger partial charge >= 0.3 is 0 Å². The summed E-state index contributed by atoms with van der Waals surface area (Å²) in [5, 5.41) is 5.67. The third-order valence-electron chi connectivity index (χ3n) is 7.85. The minimum atomic E-state index is -1.10. The molecular formula is C31H40N4O3. The summed E-state index contributed by atoms with van der Waals surface area (Å²) >= 11 is 0. The van der Waals surface area contributed by atoms with Crippen molar-refractivity contribution in [2.45, 2.75) is 77.9 Å². The summed E-state index contributed by atoms with van der Waals surface area (Å²) < 4.78 is 0. The number of fused-ring (bicyclic) bond motifs is 1. The van der Waals surface area contributed by atoms with Crippen molar-refractivity contribution in [3.8, 4) is 0 Å². The molecule has 1 saturated carbocycles. The Morgan fingerprint density at radius 3 is 2.34 bits per heavy atom. The number of benzene rings is 2. The first-order valence-electron chi connectivity index (χ1n) is 14.0. The molecule has 2 aliphatic rings. The van der Waals surface area contributed by atoms with E-state index in [2.05, 4.69) is 24.5 Å². The topological polar surface area (TPSA) is 90.9 Å². The molecule has 7 nitrogen and oxygen atoms in total. The predicted octanol–water partition coefficient (Wildman–Crippen LogP) is 4.83. The van der Waals surface area contributed by atoms with Crippen molar-refractivity contribution in [1.82, 2.24) is 10.6 Å². The Balaban J connectivity index is 1.62.